The maximum atomic E-state index is 12.9. The highest BCUT2D eigenvalue weighted by molar-refractivity contribution is 6.06. The van der Waals surface area contributed by atoms with Crippen LogP contribution in [0.4, 0.5) is 26.3 Å². The average Bonchev–Trinajstić information content (AvgIpc) is 3.50. The third-order valence-corrected chi connectivity index (χ3v) is 7.51. The lowest BCUT2D eigenvalue weighted by Crippen LogP contribution is -2.17. The summed E-state index contributed by atoms with van der Waals surface area (Å²) in [5, 5.41) is 39.3. The minimum atomic E-state index is -4.99. The van der Waals surface area contributed by atoms with Crippen LogP contribution in [-0.4, -0.2) is 12.7 Å². The van der Waals surface area contributed by atoms with E-state index in [4.69, 9.17) is 0 Å². The van der Waals surface area contributed by atoms with Crippen molar-refractivity contribution in [2.75, 3.05) is 0 Å². The summed E-state index contributed by atoms with van der Waals surface area (Å²) in [7, 11) is 0. The van der Waals surface area contributed by atoms with E-state index < -0.39 is 41.5 Å². The van der Waals surface area contributed by atoms with Crippen LogP contribution in [0.1, 0.15) is 34.1 Å². The molecule has 12 heteroatoms. The molecule has 0 N–H and O–H groups in total. The van der Waals surface area contributed by atoms with E-state index in [-0.39, 0.29) is 16.7 Å². The summed E-state index contributed by atoms with van der Waals surface area (Å²) in [5.41, 5.74) is 1.10. The van der Waals surface area contributed by atoms with Crippen LogP contribution in [0.2, 0.25) is 0 Å². The van der Waals surface area contributed by atoms with Crippen molar-refractivity contribution >= 4 is 5.57 Å². The third kappa shape index (κ3) is 3.77. The molecule has 6 nitrogen and oxygen atoms in total. The first-order valence-electron chi connectivity index (χ1n) is 11.7. The maximum Gasteiger partial charge on any atom is 0.573 e. The zero-order chi connectivity index (χ0) is 29.5. The number of alkyl halides is 6. The molecule has 3 aromatic rings. The van der Waals surface area contributed by atoms with E-state index in [1.54, 1.807) is 24.3 Å². The molecule has 0 heterocycles. The SMILES string of the molecule is N#CC(C#N)=C1c2cc(OC(F)(F)F)ccc2-c2cc3c(cc21)C1C(c2cc(OC(F)(F)F)ccc2-3)C1(C#N)C#N. The molecule has 2 unspecified atom stereocenters. The van der Waals surface area contributed by atoms with Crippen molar-refractivity contribution in [3.8, 4) is 58.0 Å². The Hall–Kier alpha value is -5.46. The molecule has 1 saturated carbocycles. The number of hydrogen-bond acceptors (Lipinski definition) is 6. The molecular formula is C29H10F6N4O2. The van der Waals surface area contributed by atoms with Crippen molar-refractivity contribution in [2.45, 2.75) is 24.6 Å². The Morgan fingerprint density at radius 1 is 0.610 bits per heavy atom. The highest BCUT2D eigenvalue weighted by atomic mass is 19.4. The van der Waals surface area contributed by atoms with Gasteiger partial charge in [-0.3, -0.25) is 0 Å². The standard InChI is InChI=1S/C29H10F6N4O2/c30-28(31,32)40-14-1-3-16-18-7-19-17-4-2-15(41-29(33,34)35)6-22(17)25-26(27(25,11-38)12-39)23(19)8-21(18)24(20(16)5-14)13(9-36)10-37/h1-8,25-26H. The maximum absolute atomic E-state index is 12.9. The summed E-state index contributed by atoms with van der Waals surface area (Å²) >= 11 is 0. The fourth-order valence-corrected chi connectivity index (χ4v) is 6.03. The van der Waals surface area contributed by atoms with Crippen LogP contribution in [0.3, 0.4) is 0 Å². The van der Waals surface area contributed by atoms with Crippen molar-refractivity contribution < 1.29 is 35.8 Å². The highest BCUT2D eigenvalue weighted by Gasteiger charge is 2.70. The largest absolute Gasteiger partial charge is 0.573 e. The van der Waals surface area contributed by atoms with Crippen molar-refractivity contribution in [3.05, 3.63) is 76.4 Å². The van der Waals surface area contributed by atoms with Gasteiger partial charge in [0, 0.05) is 17.4 Å². The number of rotatable bonds is 2. The number of nitriles is 4. The summed E-state index contributed by atoms with van der Waals surface area (Å²) in [6.07, 6.45) is -9.96. The second kappa shape index (κ2) is 8.27. The van der Waals surface area contributed by atoms with Gasteiger partial charge >= 0.3 is 12.7 Å². The Kier molecular flexibility index (Phi) is 5.20. The quantitative estimate of drug-likeness (QED) is 0.189. The van der Waals surface area contributed by atoms with Gasteiger partial charge in [0.05, 0.1) is 12.1 Å². The molecule has 0 aliphatic heterocycles. The summed E-state index contributed by atoms with van der Waals surface area (Å²) in [6.45, 7) is 0. The number of benzene rings is 3. The molecule has 0 spiro atoms. The van der Waals surface area contributed by atoms with Gasteiger partial charge in [-0.25, -0.2) is 0 Å². The lowest BCUT2D eigenvalue weighted by molar-refractivity contribution is -0.275. The van der Waals surface area contributed by atoms with Crippen molar-refractivity contribution in [1.82, 2.24) is 0 Å². The lowest BCUT2D eigenvalue weighted by Gasteiger charge is -2.21. The van der Waals surface area contributed by atoms with E-state index >= 15 is 0 Å². The van der Waals surface area contributed by atoms with Crippen molar-refractivity contribution in [2.24, 2.45) is 5.41 Å². The van der Waals surface area contributed by atoms with Crippen LogP contribution in [0, 0.1) is 50.7 Å². The predicted octanol–water partition coefficient (Wildman–Crippen LogP) is 7.21. The van der Waals surface area contributed by atoms with Crippen LogP contribution in [0.5, 0.6) is 11.5 Å². The number of allylic oxidation sites excluding steroid dienone is 1. The summed E-state index contributed by atoms with van der Waals surface area (Å²) < 4.78 is 85.7. The number of nitrogens with zero attached hydrogens (tertiary/aromatic N) is 4. The predicted molar refractivity (Wildman–Crippen MR) is 127 cm³/mol. The first-order valence-corrected chi connectivity index (χ1v) is 11.7. The van der Waals surface area contributed by atoms with Gasteiger partial charge in [0.1, 0.15) is 29.2 Å². The third-order valence-electron chi connectivity index (χ3n) is 7.51. The van der Waals surface area contributed by atoms with E-state index in [9.17, 15) is 47.4 Å². The molecule has 1 fully saturated rings. The van der Waals surface area contributed by atoms with Gasteiger partial charge < -0.3 is 9.47 Å². The smallest absolute Gasteiger partial charge is 0.406 e. The van der Waals surface area contributed by atoms with E-state index in [2.05, 4.69) is 9.47 Å². The molecule has 0 amide bonds. The summed E-state index contributed by atoms with van der Waals surface area (Å²) in [4.78, 5) is 0. The van der Waals surface area contributed by atoms with Crippen molar-refractivity contribution in [3.63, 3.8) is 0 Å². The second-order valence-electron chi connectivity index (χ2n) is 9.56. The zero-order valence-electron chi connectivity index (χ0n) is 20.1. The second-order valence-corrected chi connectivity index (χ2v) is 9.56. The number of fused-ring (bicyclic) bond motifs is 9. The van der Waals surface area contributed by atoms with Gasteiger partial charge in [-0.1, -0.05) is 12.1 Å². The lowest BCUT2D eigenvalue weighted by atomic mass is 9.82. The Morgan fingerprint density at radius 3 is 1.66 bits per heavy atom. The monoisotopic (exact) mass is 560 g/mol. The molecule has 0 bridgehead atoms. The molecule has 2 atom stereocenters. The highest BCUT2D eigenvalue weighted by Crippen LogP contribution is 2.75. The van der Waals surface area contributed by atoms with Gasteiger partial charge in [-0.2, -0.15) is 21.0 Å². The van der Waals surface area contributed by atoms with Gasteiger partial charge in [0.15, 0.2) is 5.41 Å². The molecule has 0 aromatic heterocycles. The van der Waals surface area contributed by atoms with Crippen LogP contribution in [0.25, 0.3) is 27.8 Å². The molecule has 3 aliphatic rings. The Bertz CT molecular complexity index is 1870. The molecule has 6 rings (SSSR count). The minimum absolute atomic E-state index is 0.0619. The van der Waals surface area contributed by atoms with Gasteiger partial charge in [-0.05, 0) is 80.9 Å². The number of halogens is 6. The molecular weight excluding hydrogens is 550 g/mol. The molecule has 3 aromatic carbocycles. The normalized spacial score (nSPS) is 18.5. The average molecular weight is 560 g/mol. The zero-order valence-corrected chi connectivity index (χ0v) is 20.1. The van der Waals surface area contributed by atoms with E-state index in [1.165, 1.54) is 12.1 Å². The fraction of sp³-hybridized carbons (Fsp3) is 0.172. The Balaban J connectivity index is 1.61. The fourth-order valence-electron chi connectivity index (χ4n) is 6.03. The van der Waals surface area contributed by atoms with Crippen LogP contribution in [0.15, 0.2) is 54.1 Å². The summed E-state index contributed by atoms with van der Waals surface area (Å²) in [5.74, 6) is -2.63. The van der Waals surface area contributed by atoms with Crippen LogP contribution < -0.4 is 9.47 Å². The molecule has 3 aliphatic carbocycles. The Morgan fingerprint density at radius 2 is 1.12 bits per heavy atom. The van der Waals surface area contributed by atoms with Crippen LogP contribution in [-0.2, 0) is 0 Å². The number of ether oxygens (including phenoxy) is 2. The molecule has 200 valence electrons. The first-order chi connectivity index (χ1) is 19.4. The Labute approximate surface area is 227 Å². The van der Waals surface area contributed by atoms with Gasteiger partial charge in [0.2, 0.25) is 0 Å². The topological polar surface area (TPSA) is 114 Å². The minimum Gasteiger partial charge on any atom is -0.406 e. The van der Waals surface area contributed by atoms with Crippen LogP contribution >= 0.6 is 0 Å². The van der Waals surface area contributed by atoms with Gasteiger partial charge in [-0.15, -0.1) is 26.3 Å². The summed E-state index contributed by atoms with van der Waals surface area (Å²) in [6, 6.07) is 17.9. The molecule has 0 saturated heterocycles. The first kappa shape index (κ1) is 25.8. The van der Waals surface area contributed by atoms with Gasteiger partial charge in [0.25, 0.3) is 0 Å². The number of hydrogen-bond donors (Lipinski definition) is 0. The van der Waals surface area contributed by atoms with Crippen molar-refractivity contribution in [1.29, 1.82) is 21.0 Å². The van der Waals surface area contributed by atoms with E-state index in [0.717, 1.165) is 24.3 Å². The van der Waals surface area contributed by atoms with E-state index in [1.807, 2.05) is 12.1 Å². The van der Waals surface area contributed by atoms with E-state index in [0.29, 0.717) is 38.9 Å². The molecule has 0 radical (unpaired) electrons. The molecule has 41 heavy (non-hydrogen) atoms.